The van der Waals surface area contributed by atoms with Crippen molar-refractivity contribution in [3.05, 3.63) is 155 Å². The van der Waals surface area contributed by atoms with Gasteiger partial charge in [-0.3, -0.25) is 0 Å². The van der Waals surface area contributed by atoms with E-state index in [2.05, 4.69) is 169 Å². The van der Waals surface area contributed by atoms with Crippen molar-refractivity contribution in [1.29, 1.82) is 0 Å². The van der Waals surface area contributed by atoms with Gasteiger partial charge in [0.2, 0.25) is 0 Å². The Hall–Kier alpha value is -5.76. The van der Waals surface area contributed by atoms with Gasteiger partial charge in [-0.05, 0) is 166 Å². The van der Waals surface area contributed by atoms with Gasteiger partial charge in [0.1, 0.15) is 0 Å². The average Bonchev–Trinajstić information content (AvgIpc) is 3.68. The van der Waals surface area contributed by atoms with Crippen molar-refractivity contribution in [3.8, 4) is 11.1 Å². The summed E-state index contributed by atoms with van der Waals surface area (Å²) in [7, 11) is 0. The number of hydrogen-bond acceptors (Lipinski definition) is 0. The first kappa shape index (κ1) is 28.0. The van der Waals surface area contributed by atoms with Crippen molar-refractivity contribution in [2.75, 3.05) is 0 Å². The molecule has 51 heavy (non-hydrogen) atoms. The average molecular weight is 710 g/mol. The van der Waals surface area contributed by atoms with Crippen LogP contribution in [0.1, 0.15) is 11.1 Å². The van der Waals surface area contributed by atoms with Gasteiger partial charge in [-0.25, -0.2) is 0 Å². The Kier molecular flexibility index (Phi) is 5.34. The van der Waals surface area contributed by atoms with Crippen LogP contribution in [0.15, 0.2) is 144 Å². The first-order valence-corrected chi connectivity index (χ1v) is 18.6. The van der Waals surface area contributed by atoms with E-state index >= 15 is 0 Å². The van der Waals surface area contributed by atoms with Gasteiger partial charge >= 0.3 is 0 Å². The van der Waals surface area contributed by atoms with E-state index in [1.807, 2.05) is 0 Å². The smallest absolute Gasteiger partial charge is 0.0332 e. The molecule has 0 N–H and O–H groups in total. The Bertz CT molecular complexity index is 3440. The molecule has 0 radical (unpaired) electrons. The van der Waals surface area contributed by atoms with Crippen molar-refractivity contribution in [1.82, 2.24) is 0 Å². The zero-order chi connectivity index (χ0) is 33.7. The standard InChI is InChI=1S/C50H29Br/c1-26-13-11-15-28-25-38-29-16-3-4-17-30(29)42-46(38)47(39(26)28)44-32-19-6-5-18-31(32)43-45(37-24-12-14-27(2)40(37)48(42)49(43)44)41-33-20-7-9-22-35(33)50(51)36-23-10-8-21-34(36)41/h3-25H,1-2H3. The van der Waals surface area contributed by atoms with Gasteiger partial charge in [0, 0.05) is 4.47 Å². The maximum atomic E-state index is 4.06. The maximum absolute atomic E-state index is 4.06. The minimum atomic E-state index is 1.15. The van der Waals surface area contributed by atoms with Crippen LogP contribution in [0.5, 0.6) is 0 Å². The van der Waals surface area contributed by atoms with Gasteiger partial charge in [-0.2, -0.15) is 0 Å². The molecule has 0 nitrogen and oxygen atoms in total. The second-order valence-corrected chi connectivity index (χ2v) is 15.3. The normalized spacial score (nSPS) is 12.6. The van der Waals surface area contributed by atoms with Gasteiger partial charge in [-0.15, -0.1) is 0 Å². The highest BCUT2D eigenvalue weighted by Crippen LogP contribution is 2.58. The van der Waals surface area contributed by atoms with Crippen molar-refractivity contribution in [2.24, 2.45) is 0 Å². The van der Waals surface area contributed by atoms with Crippen LogP contribution in [-0.4, -0.2) is 0 Å². The number of fused-ring (bicyclic) bond motifs is 14. The second-order valence-electron chi connectivity index (χ2n) is 14.5. The Morgan fingerprint density at radius 1 is 0.294 bits per heavy atom. The summed E-state index contributed by atoms with van der Waals surface area (Å²) in [5.41, 5.74) is 5.28. The molecule has 0 spiro atoms. The molecule has 12 aromatic rings. The molecule has 236 valence electrons. The molecule has 0 aromatic heterocycles. The van der Waals surface area contributed by atoms with E-state index in [4.69, 9.17) is 0 Å². The lowest BCUT2D eigenvalue weighted by Crippen LogP contribution is -1.93. The van der Waals surface area contributed by atoms with Crippen molar-refractivity contribution in [2.45, 2.75) is 13.8 Å². The summed E-state index contributed by atoms with van der Waals surface area (Å²) in [4.78, 5) is 0. The lowest BCUT2D eigenvalue weighted by molar-refractivity contribution is 1.55. The summed E-state index contributed by atoms with van der Waals surface area (Å²) in [6.45, 7) is 4.61. The molecule has 12 rings (SSSR count). The summed E-state index contributed by atoms with van der Waals surface area (Å²) >= 11 is 4.06. The van der Waals surface area contributed by atoms with Gasteiger partial charge in [0.05, 0.1) is 0 Å². The molecule has 0 aliphatic rings. The topological polar surface area (TPSA) is 0 Å². The minimum absolute atomic E-state index is 1.15. The van der Waals surface area contributed by atoms with Crippen molar-refractivity contribution in [3.63, 3.8) is 0 Å². The largest absolute Gasteiger partial charge is 0.0616 e. The molecule has 0 fully saturated rings. The van der Waals surface area contributed by atoms with Gasteiger partial charge < -0.3 is 0 Å². The quantitative estimate of drug-likeness (QED) is 0.118. The van der Waals surface area contributed by atoms with Crippen LogP contribution < -0.4 is 0 Å². The zero-order valence-electron chi connectivity index (χ0n) is 28.2. The molecule has 0 amide bonds. The number of halogens is 1. The molecule has 0 aliphatic carbocycles. The molecule has 0 saturated heterocycles. The summed E-state index contributed by atoms with van der Waals surface area (Å²) in [6.07, 6.45) is 0. The van der Waals surface area contributed by atoms with Crippen LogP contribution in [0.25, 0.3) is 119 Å². The lowest BCUT2D eigenvalue weighted by atomic mass is 9.82. The number of benzene rings is 10. The van der Waals surface area contributed by atoms with Crippen molar-refractivity contribution >= 4 is 124 Å². The molecule has 0 bridgehead atoms. The summed E-state index contributed by atoms with van der Waals surface area (Å²) in [6, 6.07) is 52.5. The zero-order valence-corrected chi connectivity index (χ0v) is 29.7. The predicted octanol–water partition coefficient (Wildman–Crippen LogP) is 15.1. The molecule has 0 heterocycles. The number of hydrogen-bond donors (Lipinski definition) is 0. The predicted molar refractivity (Wildman–Crippen MR) is 226 cm³/mol. The summed E-state index contributed by atoms with van der Waals surface area (Å²) in [5.74, 6) is 0. The molecule has 0 aliphatic heterocycles. The SMILES string of the molecule is Cc1cccc2cc3c4ccccc4c4c3c(c12)c1c2ccccc2c2c(-c3c5ccccc5c(Br)c5ccccc35)c3cccc(C)c3c4c21. The van der Waals surface area contributed by atoms with E-state index in [1.165, 1.54) is 130 Å². The third-order valence-corrected chi connectivity index (χ3v) is 12.8. The van der Waals surface area contributed by atoms with Gasteiger partial charge in [0.25, 0.3) is 0 Å². The van der Waals surface area contributed by atoms with E-state index in [0.29, 0.717) is 0 Å². The van der Waals surface area contributed by atoms with Crippen molar-refractivity contribution < 1.29 is 0 Å². The minimum Gasteiger partial charge on any atom is -0.0616 e. The van der Waals surface area contributed by atoms with E-state index in [-0.39, 0.29) is 0 Å². The Morgan fingerprint density at radius 3 is 1.39 bits per heavy atom. The Labute approximate surface area is 302 Å². The molecule has 1 heteroatoms. The Balaban J connectivity index is 1.52. The van der Waals surface area contributed by atoms with E-state index < -0.39 is 0 Å². The monoisotopic (exact) mass is 708 g/mol. The number of aryl methyl sites for hydroxylation is 2. The highest BCUT2D eigenvalue weighted by molar-refractivity contribution is 9.10. The lowest BCUT2D eigenvalue weighted by Gasteiger charge is -2.21. The van der Waals surface area contributed by atoms with E-state index in [1.54, 1.807) is 0 Å². The van der Waals surface area contributed by atoms with Gasteiger partial charge in [-0.1, -0.05) is 133 Å². The molecule has 12 aromatic carbocycles. The van der Waals surface area contributed by atoms with Crippen LogP contribution >= 0.6 is 15.9 Å². The second kappa shape index (κ2) is 9.72. The first-order chi connectivity index (χ1) is 25.1. The maximum Gasteiger partial charge on any atom is 0.0332 e. The molecular formula is C50H29Br. The fraction of sp³-hybridized carbons (Fsp3) is 0.0400. The fourth-order valence-corrected chi connectivity index (χ4v) is 10.8. The fourth-order valence-electron chi connectivity index (χ4n) is 10.1. The number of rotatable bonds is 1. The molecule has 0 unspecified atom stereocenters. The van der Waals surface area contributed by atoms with Crippen LogP contribution in [0, 0.1) is 13.8 Å². The first-order valence-electron chi connectivity index (χ1n) is 17.8. The third-order valence-electron chi connectivity index (χ3n) is 12.0. The molecule has 0 atom stereocenters. The van der Waals surface area contributed by atoms with E-state index in [9.17, 15) is 0 Å². The highest BCUT2D eigenvalue weighted by atomic mass is 79.9. The molecule has 0 saturated carbocycles. The Morgan fingerprint density at radius 2 is 0.725 bits per heavy atom. The summed E-state index contributed by atoms with van der Waals surface area (Å²) in [5, 5.41) is 26.8. The van der Waals surface area contributed by atoms with Crippen LogP contribution in [0.2, 0.25) is 0 Å². The van der Waals surface area contributed by atoms with Crippen LogP contribution in [0.4, 0.5) is 0 Å². The van der Waals surface area contributed by atoms with E-state index in [0.717, 1.165) is 4.47 Å². The molecular weight excluding hydrogens is 680 g/mol. The van der Waals surface area contributed by atoms with Gasteiger partial charge in [0.15, 0.2) is 0 Å². The highest BCUT2D eigenvalue weighted by Gasteiger charge is 2.29. The third kappa shape index (κ3) is 3.32. The van der Waals surface area contributed by atoms with Crippen LogP contribution in [0.3, 0.4) is 0 Å². The van der Waals surface area contributed by atoms with Crippen LogP contribution in [-0.2, 0) is 0 Å². The summed E-state index contributed by atoms with van der Waals surface area (Å²) < 4.78 is 1.15.